The molecule has 8 nitrogen and oxygen atoms in total. The van der Waals surface area contributed by atoms with Crippen LogP contribution in [0.2, 0.25) is 0 Å². The number of hydrogen-bond acceptors (Lipinski definition) is 7. The van der Waals surface area contributed by atoms with Gasteiger partial charge in [-0.15, -0.1) is 0 Å². The second-order valence-corrected chi connectivity index (χ2v) is 8.49. The van der Waals surface area contributed by atoms with Crippen LogP contribution in [0, 0.1) is 5.92 Å². The monoisotopic (exact) mass is 400 g/mol. The Hall–Kier alpha value is -2.18. The molecule has 0 aromatic heterocycles. The van der Waals surface area contributed by atoms with Crippen molar-refractivity contribution in [1.29, 1.82) is 0 Å². The van der Waals surface area contributed by atoms with Gasteiger partial charge in [-0.3, -0.25) is 18.9 Å². The Bertz CT molecular complexity index is 673. The SMILES string of the molecule is COC(=O)CCC(CP(=O)(O)CCC(=O)OCc1ccccc1)C(=O)OC. The van der Waals surface area contributed by atoms with Crippen LogP contribution in [0.15, 0.2) is 30.3 Å². The van der Waals surface area contributed by atoms with E-state index in [0.29, 0.717) is 0 Å². The number of esters is 3. The molecular formula is C18H25O8P. The van der Waals surface area contributed by atoms with Gasteiger partial charge in [0, 0.05) is 18.7 Å². The van der Waals surface area contributed by atoms with Crippen LogP contribution in [0.5, 0.6) is 0 Å². The van der Waals surface area contributed by atoms with E-state index in [1.54, 1.807) is 12.1 Å². The average molecular weight is 400 g/mol. The van der Waals surface area contributed by atoms with Gasteiger partial charge in [-0.1, -0.05) is 30.3 Å². The van der Waals surface area contributed by atoms with Crippen LogP contribution in [0.3, 0.4) is 0 Å². The highest BCUT2D eigenvalue weighted by Crippen LogP contribution is 2.44. The summed E-state index contributed by atoms with van der Waals surface area (Å²) in [5.74, 6) is -2.73. The van der Waals surface area contributed by atoms with Gasteiger partial charge in [0.15, 0.2) is 0 Å². The number of carbonyl (C=O) groups excluding carboxylic acids is 3. The minimum Gasteiger partial charge on any atom is -0.469 e. The molecule has 2 unspecified atom stereocenters. The van der Waals surface area contributed by atoms with Crippen molar-refractivity contribution in [1.82, 2.24) is 0 Å². The minimum absolute atomic E-state index is 0.0301. The molecule has 0 heterocycles. The minimum atomic E-state index is -3.79. The fourth-order valence-corrected chi connectivity index (χ4v) is 4.09. The summed E-state index contributed by atoms with van der Waals surface area (Å²) < 4.78 is 26.6. The summed E-state index contributed by atoms with van der Waals surface area (Å²) in [5.41, 5.74) is 0.812. The van der Waals surface area contributed by atoms with E-state index in [-0.39, 0.29) is 38.2 Å². The van der Waals surface area contributed by atoms with Crippen LogP contribution < -0.4 is 0 Å². The largest absolute Gasteiger partial charge is 0.469 e. The molecule has 9 heteroatoms. The van der Waals surface area contributed by atoms with Crippen molar-refractivity contribution in [3.8, 4) is 0 Å². The van der Waals surface area contributed by atoms with Gasteiger partial charge in [0.2, 0.25) is 7.37 Å². The third-order valence-electron chi connectivity index (χ3n) is 3.87. The zero-order chi connectivity index (χ0) is 20.3. The fraction of sp³-hybridized carbons (Fsp3) is 0.500. The van der Waals surface area contributed by atoms with Crippen LogP contribution in [-0.4, -0.2) is 49.3 Å². The lowest BCUT2D eigenvalue weighted by atomic mass is 10.1. The van der Waals surface area contributed by atoms with E-state index in [0.717, 1.165) is 12.7 Å². The lowest BCUT2D eigenvalue weighted by Crippen LogP contribution is -2.22. The lowest BCUT2D eigenvalue weighted by molar-refractivity contribution is -0.146. The van der Waals surface area contributed by atoms with Crippen LogP contribution >= 0.6 is 7.37 Å². The third kappa shape index (κ3) is 9.35. The summed E-state index contributed by atoms with van der Waals surface area (Å²) in [6, 6.07) is 9.06. The Morgan fingerprint density at radius 1 is 1.04 bits per heavy atom. The van der Waals surface area contributed by atoms with Gasteiger partial charge in [-0.05, 0) is 12.0 Å². The number of rotatable bonds is 11. The van der Waals surface area contributed by atoms with Crippen LogP contribution in [0.4, 0.5) is 0 Å². The zero-order valence-electron chi connectivity index (χ0n) is 15.5. The van der Waals surface area contributed by atoms with Gasteiger partial charge in [-0.25, -0.2) is 0 Å². The van der Waals surface area contributed by atoms with E-state index in [9.17, 15) is 23.8 Å². The van der Waals surface area contributed by atoms with E-state index < -0.39 is 31.2 Å². The molecule has 1 aromatic carbocycles. The van der Waals surface area contributed by atoms with E-state index >= 15 is 0 Å². The average Bonchev–Trinajstić information content (AvgIpc) is 2.67. The Balaban J connectivity index is 2.50. The molecule has 0 aliphatic carbocycles. The summed E-state index contributed by atoms with van der Waals surface area (Å²) >= 11 is 0. The Kier molecular flexibility index (Phi) is 9.75. The van der Waals surface area contributed by atoms with E-state index in [2.05, 4.69) is 9.47 Å². The molecule has 0 aliphatic heterocycles. The molecule has 0 saturated carbocycles. The van der Waals surface area contributed by atoms with Crippen molar-refractivity contribution in [2.45, 2.75) is 25.9 Å². The highest BCUT2D eigenvalue weighted by atomic mass is 31.2. The first kappa shape index (κ1) is 22.9. The van der Waals surface area contributed by atoms with E-state index in [1.807, 2.05) is 18.2 Å². The summed E-state index contributed by atoms with van der Waals surface area (Å²) in [6.07, 6.45) is -0.974. The van der Waals surface area contributed by atoms with Gasteiger partial charge in [0.05, 0.1) is 26.6 Å². The second kappa shape index (κ2) is 11.5. The lowest BCUT2D eigenvalue weighted by Gasteiger charge is -2.18. The summed E-state index contributed by atoms with van der Waals surface area (Å²) in [6.45, 7) is 0.0827. The predicted molar refractivity (Wildman–Crippen MR) is 97.2 cm³/mol. The molecule has 150 valence electrons. The van der Waals surface area contributed by atoms with Crippen molar-refractivity contribution >= 4 is 25.3 Å². The van der Waals surface area contributed by atoms with Gasteiger partial charge in [0.1, 0.15) is 6.61 Å². The third-order valence-corrected chi connectivity index (χ3v) is 5.81. The molecule has 1 N–H and O–H groups in total. The highest BCUT2D eigenvalue weighted by molar-refractivity contribution is 7.58. The Morgan fingerprint density at radius 2 is 1.70 bits per heavy atom. The molecule has 0 aliphatic rings. The molecule has 0 radical (unpaired) electrons. The zero-order valence-corrected chi connectivity index (χ0v) is 16.4. The molecule has 0 saturated heterocycles. The maximum absolute atomic E-state index is 12.4. The van der Waals surface area contributed by atoms with Crippen LogP contribution in [0.25, 0.3) is 0 Å². The van der Waals surface area contributed by atoms with E-state index in [1.165, 1.54) is 7.11 Å². The quantitative estimate of drug-likeness (QED) is 0.341. The first-order chi connectivity index (χ1) is 12.8. The molecule has 0 spiro atoms. The molecule has 0 bridgehead atoms. The van der Waals surface area contributed by atoms with Crippen molar-refractivity contribution in [3.63, 3.8) is 0 Å². The van der Waals surface area contributed by atoms with Gasteiger partial charge in [-0.2, -0.15) is 0 Å². The van der Waals surface area contributed by atoms with Crippen molar-refractivity contribution < 1.29 is 38.1 Å². The smallest absolute Gasteiger partial charge is 0.309 e. The van der Waals surface area contributed by atoms with Crippen molar-refractivity contribution in [3.05, 3.63) is 35.9 Å². The second-order valence-electron chi connectivity index (χ2n) is 5.98. The van der Waals surface area contributed by atoms with Crippen molar-refractivity contribution in [2.75, 3.05) is 26.5 Å². The Morgan fingerprint density at radius 3 is 2.30 bits per heavy atom. The molecule has 27 heavy (non-hydrogen) atoms. The number of carbonyl (C=O) groups is 3. The first-order valence-electron chi connectivity index (χ1n) is 8.42. The molecule has 1 aromatic rings. The number of ether oxygens (including phenoxy) is 3. The van der Waals surface area contributed by atoms with Gasteiger partial charge in [0.25, 0.3) is 0 Å². The van der Waals surface area contributed by atoms with Gasteiger partial charge < -0.3 is 19.1 Å². The highest BCUT2D eigenvalue weighted by Gasteiger charge is 2.30. The number of hydrogen-bond donors (Lipinski definition) is 1. The normalized spacial score (nSPS) is 13.9. The maximum Gasteiger partial charge on any atom is 0.309 e. The Labute approximate surface area is 158 Å². The molecule has 2 atom stereocenters. The van der Waals surface area contributed by atoms with Crippen LogP contribution in [0.1, 0.15) is 24.8 Å². The summed E-state index contributed by atoms with van der Waals surface area (Å²) in [4.78, 5) is 44.9. The fourth-order valence-electron chi connectivity index (χ4n) is 2.36. The topological polar surface area (TPSA) is 116 Å². The van der Waals surface area contributed by atoms with E-state index in [4.69, 9.17) is 4.74 Å². The number of benzene rings is 1. The maximum atomic E-state index is 12.4. The van der Waals surface area contributed by atoms with Gasteiger partial charge >= 0.3 is 17.9 Å². The first-order valence-corrected chi connectivity index (χ1v) is 10.5. The van der Waals surface area contributed by atoms with Crippen LogP contribution in [-0.2, 0) is 39.8 Å². The molecule has 0 amide bonds. The summed E-state index contributed by atoms with van der Waals surface area (Å²) in [5, 5.41) is 0. The summed E-state index contributed by atoms with van der Waals surface area (Å²) in [7, 11) is -1.41. The van der Waals surface area contributed by atoms with Crippen molar-refractivity contribution in [2.24, 2.45) is 5.92 Å². The number of methoxy groups -OCH3 is 2. The molecule has 1 rings (SSSR count). The standard InChI is InChI=1S/C18H25O8P/c1-24-16(19)9-8-15(18(21)25-2)13-27(22,23)11-10-17(20)26-12-14-6-4-3-5-7-14/h3-7,15H,8-13H2,1-2H3,(H,22,23). The molecular weight excluding hydrogens is 375 g/mol. The molecule has 0 fully saturated rings. The predicted octanol–water partition coefficient (Wildman–Crippen LogP) is 2.13.